The maximum atomic E-state index is 10.9. The second-order valence-electron chi connectivity index (χ2n) is 7.26. The zero-order chi connectivity index (χ0) is 24.0. The number of anilines is 1. The first-order chi connectivity index (χ1) is 15.8. The Bertz CT molecular complexity index is 1260. The van der Waals surface area contributed by atoms with E-state index in [2.05, 4.69) is 28.8 Å². The van der Waals surface area contributed by atoms with Crippen molar-refractivity contribution in [3.05, 3.63) is 101 Å². The van der Waals surface area contributed by atoms with E-state index in [-0.39, 0.29) is 11.4 Å². The molecule has 2 heterocycles. The Labute approximate surface area is 191 Å². The third-order valence-corrected chi connectivity index (χ3v) is 4.75. The number of nitro groups is 1. The zero-order valence-corrected chi connectivity index (χ0v) is 18.3. The monoisotopic (exact) mass is 446 g/mol. The average molecular weight is 447 g/mol. The van der Waals surface area contributed by atoms with Crippen LogP contribution in [0.3, 0.4) is 0 Å². The minimum absolute atomic E-state index is 0.0951. The van der Waals surface area contributed by atoms with E-state index in [0.29, 0.717) is 24.7 Å². The highest BCUT2D eigenvalue weighted by Gasteiger charge is 2.11. The van der Waals surface area contributed by atoms with Crippen LogP contribution in [0.15, 0.2) is 85.1 Å². The number of allylic oxidation sites excluding steroid dienone is 3. The van der Waals surface area contributed by atoms with Gasteiger partial charge in [0.1, 0.15) is 11.3 Å². The summed E-state index contributed by atoms with van der Waals surface area (Å²) in [4.78, 5) is 19.5. The molecule has 0 unspecified atom stereocenters. The number of fused-ring (bicyclic) bond motifs is 1. The largest absolute Gasteiger partial charge is 0.399 e. The second-order valence-corrected chi connectivity index (χ2v) is 7.26. The third-order valence-electron chi connectivity index (χ3n) is 4.75. The van der Waals surface area contributed by atoms with Crippen LogP contribution in [0.2, 0.25) is 0 Å². The van der Waals surface area contributed by atoms with Gasteiger partial charge in [-0.15, -0.1) is 0 Å². The molecular formula is C23H26N8O2. The molecular weight excluding hydrogens is 420 g/mol. The molecule has 3 rings (SSSR count). The molecule has 0 aliphatic carbocycles. The summed E-state index contributed by atoms with van der Waals surface area (Å²) in [6, 6.07) is 9.60. The summed E-state index contributed by atoms with van der Waals surface area (Å²) in [6.07, 6.45) is 6.44. The second kappa shape index (κ2) is 10.1. The smallest absolute Gasteiger partial charge is 0.291 e. The van der Waals surface area contributed by atoms with Gasteiger partial charge in [-0.3, -0.25) is 14.5 Å². The van der Waals surface area contributed by atoms with Gasteiger partial charge in [-0.25, -0.2) is 9.97 Å². The highest BCUT2D eigenvalue weighted by Crippen LogP contribution is 2.23. The van der Waals surface area contributed by atoms with Gasteiger partial charge in [-0.2, -0.15) is 0 Å². The van der Waals surface area contributed by atoms with Crippen molar-refractivity contribution in [1.82, 2.24) is 19.7 Å². The zero-order valence-electron chi connectivity index (χ0n) is 18.3. The van der Waals surface area contributed by atoms with Crippen molar-refractivity contribution in [3.63, 3.8) is 0 Å². The van der Waals surface area contributed by atoms with Gasteiger partial charge in [0.2, 0.25) is 5.95 Å². The third kappa shape index (κ3) is 5.76. The standard InChI is InChI=1S/C23H26N8O2/c1-15(7-8-21(17(3)25)31(32)33)26-9-10-28-23-29-20(14-22-27-11-12-30(22)23)19-6-4-5-18(13-19)16(2)24/h4-8,11-14,26H,2-3,9-10,24-25H2,1H3,(H,28,29)/b15-7+,21-8+. The molecule has 0 fully saturated rings. The molecule has 0 radical (unpaired) electrons. The van der Waals surface area contributed by atoms with E-state index < -0.39 is 4.92 Å². The van der Waals surface area contributed by atoms with Crippen molar-refractivity contribution in [2.24, 2.45) is 11.5 Å². The van der Waals surface area contributed by atoms with Gasteiger partial charge in [-0.1, -0.05) is 31.4 Å². The molecule has 0 atom stereocenters. The summed E-state index contributed by atoms with van der Waals surface area (Å²) in [5.74, 6) is 0.635. The number of imidazole rings is 1. The van der Waals surface area contributed by atoms with Crippen molar-refractivity contribution >= 4 is 17.3 Å². The summed E-state index contributed by atoms with van der Waals surface area (Å²) in [6.45, 7) is 10.1. The Kier molecular flexibility index (Phi) is 7.09. The normalized spacial score (nSPS) is 11.9. The predicted molar refractivity (Wildman–Crippen MR) is 130 cm³/mol. The van der Waals surface area contributed by atoms with Gasteiger partial charge in [0.05, 0.1) is 10.6 Å². The van der Waals surface area contributed by atoms with Gasteiger partial charge in [0.15, 0.2) is 0 Å². The summed E-state index contributed by atoms with van der Waals surface area (Å²) < 4.78 is 1.86. The molecule has 170 valence electrons. The van der Waals surface area contributed by atoms with Gasteiger partial charge in [0.25, 0.3) is 5.70 Å². The van der Waals surface area contributed by atoms with E-state index in [4.69, 9.17) is 16.5 Å². The van der Waals surface area contributed by atoms with Crippen LogP contribution >= 0.6 is 0 Å². The molecule has 1 aromatic carbocycles. The topological polar surface area (TPSA) is 149 Å². The van der Waals surface area contributed by atoms with E-state index in [9.17, 15) is 10.1 Å². The van der Waals surface area contributed by atoms with Crippen molar-refractivity contribution in [2.45, 2.75) is 6.92 Å². The lowest BCUT2D eigenvalue weighted by atomic mass is 10.1. The van der Waals surface area contributed by atoms with Crippen LogP contribution in [0.25, 0.3) is 22.6 Å². The van der Waals surface area contributed by atoms with Gasteiger partial charge in [0, 0.05) is 54.6 Å². The number of nitrogens with two attached hydrogens (primary N) is 2. The number of nitrogens with zero attached hydrogens (tertiary/aromatic N) is 4. The Morgan fingerprint density at radius 3 is 2.73 bits per heavy atom. The lowest BCUT2D eigenvalue weighted by Gasteiger charge is -2.12. The van der Waals surface area contributed by atoms with E-state index in [1.165, 1.54) is 6.08 Å². The quantitative estimate of drug-likeness (QED) is 0.161. The van der Waals surface area contributed by atoms with Crippen molar-refractivity contribution in [2.75, 3.05) is 18.4 Å². The molecule has 0 saturated carbocycles. The van der Waals surface area contributed by atoms with E-state index in [0.717, 1.165) is 28.2 Å². The molecule has 0 aliphatic heterocycles. The Hall–Kier alpha value is -4.60. The van der Waals surface area contributed by atoms with Crippen LogP contribution in [-0.4, -0.2) is 32.4 Å². The van der Waals surface area contributed by atoms with Crippen molar-refractivity contribution in [3.8, 4) is 11.3 Å². The first-order valence-corrected chi connectivity index (χ1v) is 10.1. The van der Waals surface area contributed by atoms with Crippen molar-refractivity contribution in [1.29, 1.82) is 0 Å². The molecule has 0 spiro atoms. The van der Waals surface area contributed by atoms with Crippen LogP contribution in [0, 0.1) is 10.1 Å². The molecule has 10 heteroatoms. The number of nitrogens with one attached hydrogen (secondary N) is 2. The SMILES string of the molecule is C=C(N)/C(=C\C=C(/C)NCCNc1nc(-c2cccc(C(=C)N)c2)cc2nccn12)[N+](=O)[O-]. The number of hydrogen-bond donors (Lipinski definition) is 4. The molecule has 3 aromatic rings. The summed E-state index contributed by atoms with van der Waals surface area (Å²) >= 11 is 0. The van der Waals surface area contributed by atoms with Gasteiger partial charge >= 0.3 is 0 Å². The highest BCUT2D eigenvalue weighted by molar-refractivity contribution is 5.71. The fourth-order valence-corrected chi connectivity index (χ4v) is 3.06. The minimum atomic E-state index is -0.568. The molecule has 0 aliphatic rings. The van der Waals surface area contributed by atoms with Crippen LogP contribution < -0.4 is 22.1 Å². The Morgan fingerprint density at radius 2 is 2.03 bits per heavy atom. The Balaban J connectivity index is 1.72. The molecule has 0 saturated heterocycles. The number of rotatable bonds is 10. The van der Waals surface area contributed by atoms with Crippen molar-refractivity contribution < 1.29 is 4.92 Å². The maximum Gasteiger partial charge on any atom is 0.291 e. The fraction of sp³-hybridized carbons (Fsp3) is 0.130. The fourth-order valence-electron chi connectivity index (χ4n) is 3.06. The highest BCUT2D eigenvalue weighted by atomic mass is 16.6. The Morgan fingerprint density at radius 1 is 1.24 bits per heavy atom. The molecule has 0 bridgehead atoms. The number of aromatic nitrogens is 3. The minimum Gasteiger partial charge on any atom is -0.399 e. The molecule has 33 heavy (non-hydrogen) atoms. The summed E-state index contributed by atoms with van der Waals surface area (Å²) in [5.41, 5.74) is 15.4. The average Bonchev–Trinajstić information content (AvgIpc) is 3.25. The molecule has 10 nitrogen and oxygen atoms in total. The van der Waals surface area contributed by atoms with E-state index in [1.807, 2.05) is 40.9 Å². The number of hydrogen-bond acceptors (Lipinski definition) is 8. The van der Waals surface area contributed by atoms with Crippen LogP contribution in [0.4, 0.5) is 5.95 Å². The maximum absolute atomic E-state index is 10.9. The van der Waals surface area contributed by atoms with E-state index >= 15 is 0 Å². The summed E-state index contributed by atoms with van der Waals surface area (Å²) in [5, 5.41) is 17.4. The molecule has 6 N–H and O–H groups in total. The molecule has 0 amide bonds. The lowest BCUT2D eigenvalue weighted by molar-refractivity contribution is -0.420. The van der Waals surface area contributed by atoms with Crippen LogP contribution in [-0.2, 0) is 0 Å². The van der Waals surface area contributed by atoms with Gasteiger partial charge in [-0.05, 0) is 24.6 Å². The first-order valence-electron chi connectivity index (χ1n) is 10.1. The predicted octanol–water partition coefficient (Wildman–Crippen LogP) is 2.86. The van der Waals surface area contributed by atoms with Crippen LogP contribution in [0.1, 0.15) is 12.5 Å². The summed E-state index contributed by atoms with van der Waals surface area (Å²) in [7, 11) is 0. The first kappa shape index (κ1) is 23.1. The van der Waals surface area contributed by atoms with Gasteiger partial charge < -0.3 is 22.1 Å². The molecule has 2 aromatic heterocycles. The lowest BCUT2D eigenvalue weighted by Crippen LogP contribution is -2.22. The van der Waals surface area contributed by atoms with E-state index in [1.54, 1.807) is 19.2 Å². The number of benzene rings is 1. The van der Waals surface area contributed by atoms with Crippen LogP contribution in [0.5, 0.6) is 0 Å².